The zero-order valence-electron chi connectivity index (χ0n) is 5.06. The Labute approximate surface area is 50.2 Å². The molecule has 0 aliphatic carbocycles. The summed E-state index contributed by atoms with van der Waals surface area (Å²) in [6.07, 6.45) is 0. The maximum Gasteiger partial charge on any atom is 0.00708 e. The molecule has 0 heterocycles. The van der Waals surface area contributed by atoms with E-state index in [2.05, 4.69) is 6.92 Å². The summed E-state index contributed by atoms with van der Waals surface area (Å²) >= 11 is 0. The molecule has 0 spiro atoms. The van der Waals surface area contributed by atoms with E-state index in [1.165, 1.54) is 0 Å². The Morgan fingerprint density at radius 1 is 1.00 bits per heavy atom. The Bertz CT molecular complexity index is 50.4. The van der Waals surface area contributed by atoms with E-state index in [0.717, 1.165) is 0 Å². The minimum atomic E-state index is -0.292. The average Bonchev–Trinajstić information content (AvgIpc) is 1.87. The van der Waals surface area contributed by atoms with Gasteiger partial charge in [-0.05, 0) is 6.92 Å². The van der Waals surface area contributed by atoms with Crippen molar-refractivity contribution in [2.75, 3.05) is 19.6 Å². The molecular formula is C5H14N3. The molecule has 0 saturated heterocycles. The van der Waals surface area contributed by atoms with E-state index in [4.69, 9.17) is 17.2 Å². The molecule has 0 atom stereocenters. The number of hydrogen-bond acceptors (Lipinski definition) is 3. The van der Waals surface area contributed by atoms with Gasteiger partial charge in [0.1, 0.15) is 0 Å². The third-order valence-electron chi connectivity index (χ3n) is 1.30. The van der Waals surface area contributed by atoms with Crippen LogP contribution in [0.3, 0.4) is 0 Å². The average molecular weight is 116 g/mol. The zero-order valence-corrected chi connectivity index (χ0v) is 5.06. The predicted octanol–water partition coefficient (Wildman–Crippen LogP) is -1.32. The minimum Gasteiger partial charge on any atom is -0.330 e. The van der Waals surface area contributed by atoms with Crippen LogP contribution in [0.15, 0.2) is 0 Å². The second kappa shape index (κ2) is 3.02. The lowest BCUT2D eigenvalue weighted by atomic mass is 9.92. The molecule has 0 aromatic heterocycles. The fourth-order valence-electron chi connectivity index (χ4n) is 0.250. The normalized spacial score (nSPS) is 12.0. The Kier molecular flexibility index (Phi) is 2.97. The smallest absolute Gasteiger partial charge is 0.00708 e. The first-order chi connectivity index (χ1) is 3.68. The quantitative estimate of drug-likeness (QED) is 0.428. The second-order valence-corrected chi connectivity index (χ2v) is 2.11. The Morgan fingerprint density at radius 2 is 1.25 bits per heavy atom. The molecule has 0 amide bonds. The van der Waals surface area contributed by atoms with E-state index < -0.39 is 0 Å². The summed E-state index contributed by atoms with van der Waals surface area (Å²) in [5, 5.41) is 0. The van der Waals surface area contributed by atoms with Crippen molar-refractivity contribution in [3.63, 3.8) is 0 Å². The van der Waals surface area contributed by atoms with Gasteiger partial charge in [-0.1, -0.05) is 0 Å². The summed E-state index contributed by atoms with van der Waals surface area (Å²) in [6, 6.07) is 0. The Morgan fingerprint density at radius 3 is 1.25 bits per heavy atom. The van der Waals surface area contributed by atoms with Crippen molar-refractivity contribution in [1.29, 1.82) is 0 Å². The number of rotatable bonds is 3. The highest BCUT2D eigenvalue weighted by Gasteiger charge is 2.17. The summed E-state index contributed by atoms with van der Waals surface area (Å²) in [5.41, 5.74) is 15.6. The molecule has 0 fully saturated rings. The van der Waals surface area contributed by atoms with Crippen molar-refractivity contribution in [1.82, 2.24) is 0 Å². The van der Waals surface area contributed by atoms with Gasteiger partial charge in [0.25, 0.3) is 0 Å². The van der Waals surface area contributed by atoms with E-state index in [0.29, 0.717) is 19.6 Å². The number of hydrogen-bond donors (Lipinski definition) is 3. The maximum atomic E-state index is 5.31. The minimum absolute atomic E-state index is 0.292. The van der Waals surface area contributed by atoms with Crippen LogP contribution < -0.4 is 17.2 Å². The van der Waals surface area contributed by atoms with Crippen LogP contribution in [-0.4, -0.2) is 19.6 Å². The van der Waals surface area contributed by atoms with E-state index in [9.17, 15) is 0 Å². The molecular weight excluding hydrogens is 102 g/mol. The van der Waals surface area contributed by atoms with Crippen LogP contribution >= 0.6 is 0 Å². The van der Waals surface area contributed by atoms with Crippen molar-refractivity contribution < 1.29 is 0 Å². The van der Waals surface area contributed by atoms with E-state index in [-0.39, 0.29) is 5.41 Å². The summed E-state index contributed by atoms with van der Waals surface area (Å²) < 4.78 is 0. The lowest BCUT2D eigenvalue weighted by Gasteiger charge is -2.22. The molecule has 0 aliphatic heterocycles. The van der Waals surface area contributed by atoms with Gasteiger partial charge in [0.2, 0.25) is 0 Å². The highest BCUT2D eigenvalue weighted by atomic mass is 14.7. The maximum absolute atomic E-state index is 5.31. The molecule has 0 aliphatic rings. The molecule has 6 N–H and O–H groups in total. The molecule has 0 rings (SSSR count). The lowest BCUT2D eigenvalue weighted by Crippen LogP contribution is -2.41. The van der Waals surface area contributed by atoms with Gasteiger partial charge in [-0.15, -0.1) is 0 Å². The van der Waals surface area contributed by atoms with Crippen LogP contribution in [0.2, 0.25) is 0 Å². The van der Waals surface area contributed by atoms with Crippen LogP contribution in [0.5, 0.6) is 0 Å². The van der Waals surface area contributed by atoms with Gasteiger partial charge in [-0.3, -0.25) is 0 Å². The van der Waals surface area contributed by atoms with Crippen LogP contribution in [0, 0.1) is 12.3 Å². The summed E-state index contributed by atoms with van der Waals surface area (Å²) in [7, 11) is 0. The van der Waals surface area contributed by atoms with E-state index in [1.54, 1.807) is 0 Å². The zero-order chi connectivity index (χ0) is 6.62. The standard InChI is InChI=1S/C5H14N3/c1-5(2-6,3-7)4-8/h1-4,6-8H2. The van der Waals surface area contributed by atoms with Gasteiger partial charge < -0.3 is 17.2 Å². The topological polar surface area (TPSA) is 78.1 Å². The molecule has 49 valence electrons. The van der Waals surface area contributed by atoms with Gasteiger partial charge in [0, 0.05) is 25.0 Å². The van der Waals surface area contributed by atoms with Crippen molar-refractivity contribution in [3.8, 4) is 0 Å². The molecule has 0 aromatic carbocycles. The largest absolute Gasteiger partial charge is 0.330 e. The SMILES string of the molecule is [CH2]C(CN)(CN)CN. The Balaban J connectivity index is 3.58. The molecule has 0 unspecified atom stereocenters. The van der Waals surface area contributed by atoms with Crippen LogP contribution in [-0.2, 0) is 0 Å². The summed E-state index contributed by atoms with van der Waals surface area (Å²) in [4.78, 5) is 0. The van der Waals surface area contributed by atoms with Gasteiger partial charge in [0.05, 0.1) is 0 Å². The Hall–Kier alpha value is -0.120. The fourth-order valence-corrected chi connectivity index (χ4v) is 0.250. The van der Waals surface area contributed by atoms with Gasteiger partial charge in [-0.25, -0.2) is 0 Å². The summed E-state index contributed by atoms with van der Waals surface area (Å²) in [6.45, 7) is 5.13. The highest BCUT2D eigenvalue weighted by molar-refractivity contribution is 4.84. The molecule has 3 heteroatoms. The van der Waals surface area contributed by atoms with Crippen molar-refractivity contribution in [2.24, 2.45) is 22.6 Å². The first kappa shape index (κ1) is 7.88. The van der Waals surface area contributed by atoms with E-state index in [1.807, 2.05) is 0 Å². The third kappa shape index (κ3) is 1.78. The molecule has 8 heavy (non-hydrogen) atoms. The highest BCUT2D eigenvalue weighted by Crippen LogP contribution is 2.06. The van der Waals surface area contributed by atoms with Crippen LogP contribution in [0.25, 0.3) is 0 Å². The van der Waals surface area contributed by atoms with Crippen molar-refractivity contribution >= 4 is 0 Å². The molecule has 1 radical (unpaired) electrons. The van der Waals surface area contributed by atoms with E-state index >= 15 is 0 Å². The van der Waals surface area contributed by atoms with Crippen LogP contribution in [0.4, 0.5) is 0 Å². The molecule has 0 aromatic rings. The van der Waals surface area contributed by atoms with Gasteiger partial charge >= 0.3 is 0 Å². The fraction of sp³-hybridized carbons (Fsp3) is 0.800. The summed E-state index contributed by atoms with van der Waals surface area (Å²) in [5.74, 6) is 0. The first-order valence-corrected chi connectivity index (χ1v) is 2.64. The molecule has 0 saturated carbocycles. The molecule has 0 bridgehead atoms. The van der Waals surface area contributed by atoms with Gasteiger partial charge in [0.15, 0.2) is 0 Å². The van der Waals surface area contributed by atoms with Crippen molar-refractivity contribution in [3.05, 3.63) is 6.92 Å². The third-order valence-corrected chi connectivity index (χ3v) is 1.30. The lowest BCUT2D eigenvalue weighted by molar-refractivity contribution is 0.414. The van der Waals surface area contributed by atoms with Gasteiger partial charge in [-0.2, -0.15) is 0 Å². The monoisotopic (exact) mass is 116 g/mol. The molecule has 3 nitrogen and oxygen atoms in total. The number of nitrogens with two attached hydrogens (primary N) is 3. The van der Waals surface area contributed by atoms with Crippen LogP contribution in [0.1, 0.15) is 0 Å². The second-order valence-electron chi connectivity index (χ2n) is 2.11. The van der Waals surface area contributed by atoms with Crippen molar-refractivity contribution in [2.45, 2.75) is 0 Å². The predicted molar refractivity (Wildman–Crippen MR) is 35.0 cm³/mol. The first-order valence-electron chi connectivity index (χ1n) is 2.64.